The van der Waals surface area contributed by atoms with Crippen molar-refractivity contribution >= 4 is 5.91 Å². The van der Waals surface area contributed by atoms with Gasteiger partial charge in [-0.1, -0.05) is 42.0 Å². The SMILES string of the molecule is COC(C(=O)NCC1=CCNCC1)c1ccccc1. The maximum Gasteiger partial charge on any atom is 0.254 e. The Bertz CT molecular complexity index is 443. The molecule has 1 atom stereocenters. The van der Waals surface area contributed by atoms with E-state index in [0.717, 1.165) is 25.1 Å². The smallest absolute Gasteiger partial charge is 0.254 e. The molecule has 1 aromatic carbocycles. The fourth-order valence-corrected chi connectivity index (χ4v) is 2.15. The predicted molar refractivity (Wildman–Crippen MR) is 74.8 cm³/mol. The molecule has 0 fully saturated rings. The Balaban J connectivity index is 1.92. The van der Waals surface area contributed by atoms with Gasteiger partial charge < -0.3 is 15.4 Å². The van der Waals surface area contributed by atoms with Crippen LogP contribution in [0.15, 0.2) is 42.0 Å². The summed E-state index contributed by atoms with van der Waals surface area (Å²) in [5.41, 5.74) is 2.15. The van der Waals surface area contributed by atoms with E-state index in [4.69, 9.17) is 4.74 Å². The van der Waals surface area contributed by atoms with Gasteiger partial charge in [-0.2, -0.15) is 0 Å². The molecule has 0 aliphatic carbocycles. The number of benzene rings is 1. The van der Waals surface area contributed by atoms with Crippen LogP contribution >= 0.6 is 0 Å². The second kappa shape index (κ2) is 7.07. The van der Waals surface area contributed by atoms with Crippen LogP contribution in [0.3, 0.4) is 0 Å². The minimum atomic E-state index is -0.538. The van der Waals surface area contributed by atoms with Crippen molar-refractivity contribution in [2.75, 3.05) is 26.7 Å². The van der Waals surface area contributed by atoms with E-state index in [1.807, 2.05) is 30.3 Å². The first-order valence-corrected chi connectivity index (χ1v) is 6.55. The van der Waals surface area contributed by atoms with E-state index in [0.29, 0.717) is 6.54 Å². The molecule has 0 bridgehead atoms. The number of ether oxygens (including phenoxy) is 1. The number of carbonyl (C=O) groups excluding carboxylic acids is 1. The summed E-state index contributed by atoms with van der Waals surface area (Å²) in [5.74, 6) is -0.0897. The van der Waals surface area contributed by atoms with Crippen LogP contribution in [-0.2, 0) is 9.53 Å². The Labute approximate surface area is 113 Å². The normalized spacial score (nSPS) is 16.6. The maximum atomic E-state index is 12.1. The molecule has 1 aliphatic rings. The van der Waals surface area contributed by atoms with Gasteiger partial charge in [0.15, 0.2) is 6.10 Å². The molecular weight excluding hydrogens is 240 g/mol. The van der Waals surface area contributed by atoms with E-state index >= 15 is 0 Å². The average molecular weight is 260 g/mol. The van der Waals surface area contributed by atoms with Gasteiger partial charge in [-0.05, 0) is 18.5 Å². The highest BCUT2D eigenvalue weighted by molar-refractivity contribution is 5.82. The molecular formula is C15H20N2O2. The first-order chi connectivity index (χ1) is 9.31. The summed E-state index contributed by atoms with van der Waals surface area (Å²) in [5, 5.41) is 6.19. The summed E-state index contributed by atoms with van der Waals surface area (Å²) in [6.45, 7) is 2.47. The molecule has 1 amide bonds. The largest absolute Gasteiger partial charge is 0.367 e. The molecule has 0 saturated heterocycles. The van der Waals surface area contributed by atoms with E-state index in [1.165, 1.54) is 5.57 Å². The van der Waals surface area contributed by atoms with E-state index in [1.54, 1.807) is 7.11 Å². The number of amides is 1. The molecule has 4 nitrogen and oxygen atoms in total. The van der Waals surface area contributed by atoms with Crippen molar-refractivity contribution in [2.24, 2.45) is 0 Å². The maximum absolute atomic E-state index is 12.1. The number of rotatable bonds is 5. The number of carbonyl (C=O) groups is 1. The Hall–Kier alpha value is -1.65. The van der Waals surface area contributed by atoms with Crippen molar-refractivity contribution < 1.29 is 9.53 Å². The molecule has 0 saturated carbocycles. The zero-order valence-corrected chi connectivity index (χ0v) is 11.2. The van der Waals surface area contributed by atoms with Gasteiger partial charge in [0.05, 0.1) is 0 Å². The highest BCUT2D eigenvalue weighted by Gasteiger charge is 2.19. The summed E-state index contributed by atoms with van der Waals surface area (Å²) in [6.07, 6.45) is 2.58. The van der Waals surface area contributed by atoms with Gasteiger partial charge in [0.2, 0.25) is 0 Å². The quantitative estimate of drug-likeness (QED) is 0.787. The molecule has 1 aliphatic heterocycles. The van der Waals surface area contributed by atoms with Crippen LogP contribution in [-0.4, -0.2) is 32.7 Å². The number of nitrogens with one attached hydrogen (secondary N) is 2. The van der Waals surface area contributed by atoms with E-state index in [-0.39, 0.29) is 5.91 Å². The topological polar surface area (TPSA) is 50.4 Å². The van der Waals surface area contributed by atoms with Gasteiger partial charge in [0.1, 0.15) is 0 Å². The highest BCUT2D eigenvalue weighted by Crippen LogP contribution is 2.16. The summed E-state index contributed by atoms with van der Waals surface area (Å²) >= 11 is 0. The zero-order valence-electron chi connectivity index (χ0n) is 11.2. The fraction of sp³-hybridized carbons (Fsp3) is 0.400. The molecule has 102 valence electrons. The first-order valence-electron chi connectivity index (χ1n) is 6.55. The lowest BCUT2D eigenvalue weighted by atomic mass is 10.1. The van der Waals surface area contributed by atoms with E-state index in [2.05, 4.69) is 16.7 Å². The van der Waals surface area contributed by atoms with Crippen LogP contribution in [0.1, 0.15) is 18.1 Å². The molecule has 19 heavy (non-hydrogen) atoms. The molecule has 4 heteroatoms. The lowest BCUT2D eigenvalue weighted by Crippen LogP contribution is -2.33. The highest BCUT2D eigenvalue weighted by atomic mass is 16.5. The summed E-state index contributed by atoms with van der Waals surface area (Å²) < 4.78 is 5.29. The molecule has 1 unspecified atom stereocenters. The first kappa shape index (κ1) is 13.8. The molecule has 0 aromatic heterocycles. The van der Waals surface area contributed by atoms with Gasteiger partial charge in [-0.15, -0.1) is 0 Å². The zero-order chi connectivity index (χ0) is 13.5. The van der Waals surface area contributed by atoms with Crippen molar-refractivity contribution in [3.8, 4) is 0 Å². The summed E-state index contributed by atoms with van der Waals surface area (Å²) in [6, 6.07) is 9.54. The lowest BCUT2D eigenvalue weighted by molar-refractivity contribution is -0.131. The molecule has 2 rings (SSSR count). The summed E-state index contributed by atoms with van der Waals surface area (Å²) in [4.78, 5) is 12.1. The Morgan fingerprint density at radius 2 is 2.21 bits per heavy atom. The molecule has 2 N–H and O–H groups in total. The molecule has 0 spiro atoms. The Morgan fingerprint density at radius 3 is 2.84 bits per heavy atom. The minimum Gasteiger partial charge on any atom is -0.367 e. The third-order valence-corrected chi connectivity index (χ3v) is 3.22. The van der Waals surface area contributed by atoms with E-state index < -0.39 is 6.10 Å². The molecule has 1 heterocycles. The summed E-state index contributed by atoms with van der Waals surface area (Å²) in [7, 11) is 1.56. The standard InChI is InChI=1S/C15H20N2O2/c1-19-14(13-5-3-2-4-6-13)15(18)17-11-12-7-9-16-10-8-12/h2-7,14,16H,8-11H2,1H3,(H,17,18). The van der Waals surface area contributed by atoms with Crippen LogP contribution in [0.4, 0.5) is 0 Å². The molecule has 1 aromatic rings. The van der Waals surface area contributed by atoms with Gasteiger partial charge in [-0.3, -0.25) is 4.79 Å². The fourth-order valence-electron chi connectivity index (χ4n) is 2.15. The third-order valence-electron chi connectivity index (χ3n) is 3.22. The Morgan fingerprint density at radius 1 is 1.42 bits per heavy atom. The second-order valence-electron chi connectivity index (χ2n) is 4.56. The van der Waals surface area contributed by atoms with Crippen molar-refractivity contribution in [3.63, 3.8) is 0 Å². The number of hydrogen-bond donors (Lipinski definition) is 2. The van der Waals surface area contributed by atoms with Gasteiger partial charge in [0, 0.05) is 20.2 Å². The van der Waals surface area contributed by atoms with Crippen LogP contribution in [0.25, 0.3) is 0 Å². The van der Waals surface area contributed by atoms with Crippen molar-refractivity contribution in [2.45, 2.75) is 12.5 Å². The third kappa shape index (κ3) is 3.91. The van der Waals surface area contributed by atoms with Crippen molar-refractivity contribution in [1.82, 2.24) is 10.6 Å². The van der Waals surface area contributed by atoms with Crippen molar-refractivity contribution in [1.29, 1.82) is 0 Å². The monoisotopic (exact) mass is 260 g/mol. The van der Waals surface area contributed by atoms with Crippen molar-refractivity contribution in [3.05, 3.63) is 47.5 Å². The van der Waals surface area contributed by atoms with Gasteiger partial charge >= 0.3 is 0 Å². The second-order valence-corrected chi connectivity index (χ2v) is 4.56. The average Bonchev–Trinajstić information content (AvgIpc) is 2.48. The van der Waals surface area contributed by atoms with E-state index in [9.17, 15) is 4.79 Å². The van der Waals surface area contributed by atoms with Gasteiger partial charge in [-0.25, -0.2) is 0 Å². The minimum absolute atomic E-state index is 0.0897. The van der Waals surface area contributed by atoms with Gasteiger partial charge in [0.25, 0.3) is 5.91 Å². The van der Waals surface area contributed by atoms with Crippen LogP contribution < -0.4 is 10.6 Å². The lowest BCUT2D eigenvalue weighted by Gasteiger charge is -2.18. The molecule has 0 radical (unpaired) electrons. The predicted octanol–water partition coefficient (Wildman–Crippen LogP) is 1.41. The van der Waals surface area contributed by atoms with Crippen LogP contribution in [0.5, 0.6) is 0 Å². The number of methoxy groups -OCH3 is 1. The Kier molecular flexibility index (Phi) is 5.12. The van der Waals surface area contributed by atoms with Crippen LogP contribution in [0, 0.1) is 0 Å². The number of hydrogen-bond acceptors (Lipinski definition) is 3. The van der Waals surface area contributed by atoms with Crippen LogP contribution in [0.2, 0.25) is 0 Å².